The van der Waals surface area contributed by atoms with Crippen molar-refractivity contribution >= 4 is 29.9 Å². The van der Waals surface area contributed by atoms with Crippen molar-refractivity contribution in [3.05, 3.63) is 35.7 Å². The lowest BCUT2D eigenvalue weighted by Crippen LogP contribution is -2.35. The molecular weight excluding hydrogens is 417 g/mol. The average molecular weight is 441 g/mol. The summed E-state index contributed by atoms with van der Waals surface area (Å²) in [6, 6.07) is 8.75. The molecule has 1 aliphatic rings. The highest BCUT2D eigenvalue weighted by molar-refractivity contribution is 14.0. The molecule has 0 atom stereocenters. The second kappa shape index (κ2) is 8.46. The topological polar surface area (TPSA) is 80.5 Å². The number of benzene rings is 1. The molecule has 0 spiro atoms. The number of aryl methyl sites for hydroxylation is 1. The van der Waals surface area contributed by atoms with E-state index in [0.29, 0.717) is 24.4 Å². The van der Waals surface area contributed by atoms with E-state index >= 15 is 0 Å². The van der Waals surface area contributed by atoms with E-state index in [1.54, 1.807) is 0 Å². The molecule has 7 heteroatoms. The minimum atomic E-state index is 0. The van der Waals surface area contributed by atoms with Crippen molar-refractivity contribution in [2.24, 2.45) is 10.7 Å². The number of hydrogen-bond donors (Lipinski definition) is 1. The molecule has 1 heterocycles. The molecule has 0 radical (unpaired) electrons. The maximum atomic E-state index is 5.99. The fourth-order valence-electron chi connectivity index (χ4n) is 2.39. The third-order valence-electron chi connectivity index (χ3n) is 4.12. The molecule has 1 aliphatic carbocycles. The molecule has 130 valence electrons. The first-order valence-corrected chi connectivity index (χ1v) is 8.12. The molecule has 2 N–H and O–H groups in total. The van der Waals surface area contributed by atoms with Gasteiger partial charge in [0.1, 0.15) is 0 Å². The number of rotatable bonds is 6. The van der Waals surface area contributed by atoms with Crippen LogP contribution in [0.15, 0.2) is 33.8 Å². The third-order valence-corrected chi connectivity index (χ3v) is 4.12. The molecule has 2 aromatic rings. The van der Waals surface area contributed by atoms with Gasteiger partial charge in [-0.25, -0.2) is 0 Å². The number of aliphatic imine (C=N–C) groups is 1. The molecule has 1 saturated carbocycles. The van der Waals surface area contributed by atoms with Crippen molar-refractivity contribution in [1.29, 1.82) is 0 Å². The van der Waals surface area contributed by atoms with Gasteiger partial charge in [-0.1, -0.05) is 24.2 Å². The van der Waals surface area contributed by atoms with Crippen molar-refractivity contribution in [2.75, 3.05) is 13.6 Å². The van der Waals surface area contributed by atoms with Gasteiger partial charge in [0, 0.05) is 31.6 Å². The van der Waals surface area contributed by atoms with E-state index in [1.807, 2.05) is 26.1 Å². The Balaban J connectivity index is 0.00000208. The van der Waals surface area contributed by atoms with Gasteiger partial charge in [-0.3, -0.25) is 4.99 Å². The Morgan fingerprint density at radius 2 is 2.04 bits per heavy atom. The van der Waals surface area contributed by atoms with Crippen LogP contribution >= 0.6 is 24.0 Å². The molecule has 0 unspecified atom stereocenters. The molecule has 1 fully saturated rings. The normalized spacial score (nSPS) is 14.3. The number of aromatic nitrogens is 2. The third kappa shape index (κ3) is 4.68. The summed E-state index contributed by atoms with van der Waals surface area (Å²) >= 11 is 0. The zero-order valence-corrected chi connectivity index (χ0v) is 16.4. The predicted molar refractivity (Wildman–Crippen MR) is 106 cm³/mol. The van der Waals surface area contributed by atoms with Gasteiger partial charge >= 0.3 is 0 Å². The predicted octanol–water partition coefficient (Wildman–Crippen LogP) is 2.87. The van der Waals surface area contributed by atoms with Crippen LogP contribution in [0.2, 0.25) is 0 Å². The van der Waals surface area contributed by atoms with Gasteiger partial charge in [-0.2, -0.15) is 4.98 Å². The minimum absolute atomic E-state index is 0. The summed E-state index contributed by atoms with van der Waals surface area (Å²) in [6.45, 7) is 2.70. The number of halogens is 1. The van der Waals surface area contributed by atoms with E-state index in [0.717, 1.165) is 24.2 Å². The molecule has 6 nitrogen and oxygen atoms in total. The maximum absolute atomic E-state index is 5.99. The first-order chi connectivity index (χ1) is 11.2. The first kappa shape index (κ1) is 18.7. The van der Waals surface area contributed by atoms with Crippen molar-refractivity contribution in [1.82, 2.24) is 15.0 Å². The summed E-state index contributed by atoms with van der Waals surface area (Å²) in [5, 5.41) is 3.92. The Hall–Kier alpha value is -1.64. The van der Waals surface area contributed by atoms with Crippen LogP contribution in [0.3, 0.4) is 0 Å². The van der Waals surface area contributed by atoms with Gasteiger partial charge in [0.05, 0.1) is 0 Å². The average Bonchev–Trinajstić information content (AvgIpc) is 3.32. The summed E-state index contributed by atoms with van der Waals surface area (Å²) < 4.78 is 5.24. The number of guanidine groups is 1. The quantitative estimate of drug-likeness (QED) is 0.424. The van der Waals surface area contributed by atoms with E-state index in [4.69, 9.17) is 10.3 Å². The summed E-state index contributed by atoms with van der Waals surface area (Å²) in [6.07, 6.45) is 4.09. The molecule has 0 amide bonds. The zero-order chi connectivity index (χ0) is 16.2. The lowest BCUT2D eigenvalue weighted by atomic mass is 10.1. The van der Waals surface area contributed by atoms with Crippen LogP contribution in [0.4, 0.5) is 0 Å². The largest absolute Gasteiger partial charge is 0.370 e. The first-order valence-electron chi connectivity index (χ1n) is 8.12. The highest BCUT2D eigenvalue weighted by atomic mass is 127. The summed E-state index contributed by atoms with van der Waals surface area (Å²) in [5.74, 6) is 1.94. The highest BCUT2D eigenvalue weighted by Gasteiger charge is 2.27. The van der Waals surface area contributed by atoms with Crippen molar-refractivity contribution in [3.63, 3.8) is 0 Å². The summed E-state index contributed by atoms with van der Waals surface area (Å²) in [7, 11) is 2.01. The van der Waals surface area contributed by atoms with Crippen molar-refractivity contribution < 1.29 is 4.52 Å². The van der Waals surface area contributed by atoms with E-state index in [9.17, 15) is 0 Å². The second-order valence-corrected chi connectivity index (χ2v) is 5.90. The van der Waals surface area contributed by atoms with Crippen LogP contribution in [0.5, 0.6) is 0 Å². The van der Waals surface area contributed by atoms with E-state index in [2.05, 4.69) is 32.2 Å². The fraction of sp³-hybridized carbons (Fsp3) is 0.471. The Labute approximate surface area is 159 Å². The monoisotopic (exact) mass is 441 g/mol. The Kier molecular flexibility index (Phi) is 6.59. The Morgan fingerprint density at radius 3 is 2.62 bits per heavy atom. The summed E-state index contributed by atoms with van der Waals surface area (Å²) in [4.78, 5) is 10.9. The van der Waals surface area contributed by atoms with Crippen LogP contribution in [-0.4, -0.2) is 40.6 Å². The highest BCUT2D eigenvalue weighted by Crippen LogP contribution is 2.24. The zero-order valence-electron chi connectivity index (χ0n) is 14.1. The van der Waals surface area contributed by atoms with Gasteiger partial charge < -0.3 is 15.2 Å². The molecule has 1 aromatic heterocycles. The molecule has 0 bridgehead atoms. The van der Waals surface area contributed by atoms with Gasteiger partial charge in [0.25, 0.3) is 5.89 Å². The van der Waals surface area contributed by atoms with Crippen molar-refractivity contribution in [2.45, 2.75) is 38.6 Å². The Bertz CT molecular complexity index is 679. The smallest absolute Gasteiger partial charge is 0.257 e. The van der Waals surface area contributed by atoms with Crippen LogP contribution in [0.1, 0.15) is 31.2 Å². The van der Waals surface area contributed by atoms with Gasteiger partial charge in [0.2, 0.25) is 0 Å². The van der Waals surface area contributed by atoms with Crippen LogP contribution in [-0.2, 0) is 12.8 Å². The maximum Gasteiger partial charge on any atom is 0.257 e. The minimum Gasteiger partial charge on any atom is -0.370 e. The number of hydrogen-bond acceptors (Lipinski definition) is 4. The van der Waals surface area contributed by atoms with E-state index < -0.39 is 0 Å². The lowest BCUT2D eigenvalue weighted by Gasteiger charge is -2.16. The summed E-state index contributed by atoms with van der Waals surface area (Å²) in [5.41, 5.74) is 8.15. The molecule has 0 saturated heterocycles. The van der Waals surface area contributed by atoms with Crippen LogP contribution < -0.4 is 5.73 Å². The second-order valence-electron chi connectivity index (χ2n) is 5.90. The number of nitrogens with zero attached hydrogens (tertiary/aromatic N) is 4. The molecule has 1 aromatic carbocycles. The SMILES string of the molecule is CCc1noc(-c2ccc(CCN=C(N)N(C)C3CC3)cc2)n1.I. The van der Waals surface area contributed by atoms with Gasteiger partial charge in [-0.15, -0.1) is 24.0 Å². The van der Waals surface area contributed by atoms with Gasteiger partial charge in [0.15, 0.2) is 11.8 Å². The van der Waals surface area contributed by atoms with Crippen LogP contribution in [0, 0.1) is 0 Å². The van der Waals surface area contributed by atoms with E-state index in [1.165, 1.54) is 18.4 Å². The van der Waals surface area contributed by atoms with Crippen LogP contribution in [0.25, 0.3) is 11.5 Å². The molecule has 24 heavy (non-hydrogen) atoms. The fourth-order valence-corrected chi connectivity index (χ4v) is 2.39. The molecule has 3 rings (SSSR count). The number of nitrogens with two attached hydrogens (primary N) is 1. The molecule has 0 aliphatic heterocycles. The van der Waals surface area contributed by atoms with Gasteiger partial charge in [-0.05, 0) is 37.0 Å². The van der Waals surface area contributed by atoms with E-state index in [-0.39, 0.29) is 24.0 Å². The molecular formula is C17H24IN5O. The standard InChI is InChI=1S/C17H23N5O.HI/c1-3-15-20-16(23-21-15)13-6-4-12(5-7-13)10-11-19-17(18)22(2)14-8-9-14;/h4-7,14H,3,8-11H2,1-2H3,(H2,18,19);1H. The van der Waals surface area contributed by atoms with Crippen molar-refractivity contribution in [3.8, 4) is 11.5 Å². The lowest BCUT2D eigenvalue weighted by molar-refractivity contribution is 0.423. The Morgan fingerprint density at radius 1 is 1.33 bits per heavy atom.